The van der Waals surface area contributed by atoms with Crippen LogP contribution in [0, 0.1) is 5.82 Å². The second kappa shape index (κ2) is 4.48. The van der Waals surface area contributed by atoms with Gasteiger partial charge >= 0.3 is 5.97 Å². The third-order valence-corrected chi connectivity index (χ3v) is 2.44. The molecule has 1 aromatic heterocycles. The van der Waals surface area contributed by atoms with Gasteiger partial charge in [0.1, 0.15) is 5.82 Å². The predicted molar refractivity (Wildman–Crippen MR) is 63.2 cm³/mol. The zero-order valence-corrected chi connectivity index (χ0v) is 9.85. The minimum Gasteiger partial charge on any atom is -0.476 e. The highest BCUT2D eigenvalue weighted by molar-refractivity contribution is 5.86. The van der Waals surface area contributed by atoms with Crippen LogP contribution in [0.1, 0.15) is 10.5 Å². The van der Waals surface area contributed by atoms with E-state index in [0.29, 0.717) is 11.3 Å². The maximum absolute atomic E-state index is 13.5. The molecule has 94 valence electrons. The van der Waals surface area contributed by atoms with Gasteiger partial charge < -0.3 is 14.5 Å². The van der Waals surface area contributed by atoms with Gasteiger partial charge in [-0.15, -0.1) is 0 Å². The number of carboxylic acid groups (broad SMARTS) is 1. The average Bonchev–Trinajstić information content (AvgIpc) is 2.78. The van der Waals surface area contributed by atoms with E-state index in [0.717, 1.165) is 0 Å². The molecule has 0 amide bonds. The van der Waals surface area contributed by atoms with Gasteiger partial charge in [0.25, 0.3) is 0 Å². The molecule has 0 aliphatic carbocycles. The van der Waals surface area contributed by atoms with Crippen LogP contribution in [0.25, 0.3) is 11.3 Å². The van der Waals surface area contributed by atoms with Gasteiger partial charge in [-0.1, -0.05) is 5.16 Å². The lowest BCUT2D eigenvalue weighted by molar-refractivity contribution is 0.0686. The average molecular weight is 250 g/mol. The first-order valence-electron chi connectivity index (χ1n) is 5.16. The van der Waals surface area contributed by atoms with Crippen molar-refractivity contribution in [2.75, 3.05) is 19.0 Å². The Bertz CT molecular complexity index is 593. The van der Waals surface area contributed by atoms with Gasteiger partial charge in [-0.05, 0) is 18.2 Å². The monoisotopic (exact) mass is 250 g/mol. The quantitative estimate of drug-likeness (QED) is 0.904. The van der Waals surface area contributed by atoms with Crippen molar-refractivity contribution < 1.29 is 18.8 Å². The van der Waals surface area contributed by atoms with Crippen molar-refractivity contribution in [2.45, 2.75) is 0 Å². The van der Waals surface area contributed by atoms with Crippen LogP contribution in [0.15, 0.2) is 28.8 Å². The molecule has 2 rings (SSSR count). The Morgan fingerprint density at radius 2 is 2.11 bits per heavy atom. The molecule has 0 bridgehead atoms. The zero-order valence-electron chi connectivity index (χ0n) is 9.85. The number of aromatic nitrogens is 1. The predicted octanol–water partition coefficient (Wildman–Crippen LogP) is 2.24. The van der Waals surface area contributed by atoms with Gasteiger partial charge in [0.2, 0.25) is 0 Å². The second-order valence-electron chi connectivity index (χ2n) is 3.94. The summed E-state index contributed by atoms with van der Waals surface area (Å²) in [5.74, 6) is -1.24. The maximum Gasteiger partial charge on any atom is 0.358 e. The number of carbonyl (C=O) groups is 1. The van der Waals surface area contributed by atoms with Crippen molar-refractivity contribution in [2.24, 2.45) is 0 Å². The molecule has 2 aromatic rings. The lowest BCUT2D eigenvalue weighted by Gasteiger charge is -2.13. The lowest BCUT2D eigenvalue weighted by Crippen LogP contribution is -2.10. The highest BCUT2D eigenvalue weighted by Crippen LogP contribution is 2.26. The van der Waals surface area contributed by atoms with Crippen molar-refractivity contribution >= 4 is 11.7 Å². The third-order valence-electron chi connectivity index (χ3n) is 2.44. The number of hydrogen-bond donors (Lipinski definition) is 1. The number of carboxylic acids is 1. The molecule has 0 saturated carbocycles. The molecule has 1 N–H and O–H groups in total. The number of benzene rings is 1. The zero-order chi connectivity index (χ0) is 13.3. The van der Waals surface area contributed by atoms with Crippen LogP contribution in [-0.2, 0) is 0 Å². The molecule has 0 unspecified atom stereocenters. The smallest absolute Gasteiger partial charge is 0.358 e. The molecule has 0 aliphatic rings. The van der Waals surface area contributed by atoms with Gasteiger partial charge in [-0.25, -0.2) is 9.18 Å². The van der Waals surface area contributed by atoms with E-state index >= 15 is 0 Å². The summed E-state index contributed by atoms with van der Waals surface area (Å²) in [6.07, 6.45) is 0. The van der Waals surface area contributed by atoms with Crippen LogP contribution in [0.2, 0.25) is 0 Å². The van der Waals surface area contributed by atoms with Crippen LogP contribution in [0.4, 0.5) is 10.1 Å². The Morgan fingerprint density at radius 3 is 2.67 bits per heavy atom. The topological polar surface area (TPSA) is 66.6 Å². The molecule has 1 aromatic carbocycles. The molecule has 1 heterocycles. The van der Waals surface area contributed by atoms with Crippen molar-refractivity contribution in [3.63, 3.8) is 0 Å². The summed E-state index contributed by atoms with van der Waals surface area (Å²) in [7, 11) is 3.43. The molecular formula is C12H11FN2O3. The fourth-order valence-electron chi connectivity index (χ4n) is 1.52. The van der Waals surface area contributed by atoms with E-state index in [1.165, 1.54) is 18.2 Å². The van der Waals surface area contributed by atoms with E-state index in [1.807, 2.05) is 0 Å². The summed E-state index contributed by atoms with van der Waals surface area (Å²) in [6, 6.07) is 5.68. The van der Waals surface area contributed by atoms with Crippen molar-refractivity contribution in [1.82, 2.24) is 5.16 Å². The van der Waals surface area contributed by atoms with Crippen LogP contribution in [-0.4, -0.2) is 30.3 Å². The van der Waals surface area contributed by atoms with E-state index in [4.69, 9.17) is 9.63 Å². The molecule has 6 heteroatoms. The largest absolute Gasteiger partial charge is 0.476 e. The first kappa shape index (κ1) is 12.1. The Morgan fingerprint density at radius 1 is 1.39 bits per heavy atom. The third kappa shape index (κ3) is 2.17. The summed E-state index contributed by atoms with van der Waals surface area (Å²) < 4.78 is 18.4. The standard InChI is InChI=1S/C12H11FN2O3/c1-15(2)10-5-7(3-4-8(10)13)11-6-9(12(16)17)14-18-11/h3-6H,1-2H3,(H,16,17). The van der Waals surface area contributed by atoms with E-state index in [2.05, 4.69) is 5.16 Å². The Kier molecular flexibility index (Phi) is 3.01. The van der Waals surface area contributed by atoms with Crippen molar-refractivity contribution in [3.05, 3.63) is 35.8 Å². The number of nitrogens with zero attached hydrogens (tertiary/aromatic N) is 2. The van der Waals surface area contributed by atoms with Crippen LogP contribution >= 0.6 is 0 Å². The Balaban J connectivity index is 2.44. The van der Waals surface area contributed by atoms with Gasteiger partial charge in [0.05, 0.1) is 5.69 Å². The van der Waals surface area contributed by atoms with Crippen molar-refractivity contribution in [1.29, 1.82) is 0 Å². The fraction of sp³-hybridized carbons (Fsp3) is 0.167. The molecule has 0 fully saturated rings. The highest BCUT2D eigenvalue weighted by atomic mass is 19.1. The normalized spacial score (nSPS) is 10.4. The van der Waals surface area contributed by atoms with Crippen LogP contribution in [0.3, 0.4) is 0 Å². The fourth-order valence-corrected chi connectivity index (χ4v) is 1.52. The Labute approximate surface area is 102 Å². The van der Waals surface area contributed by atoms with Gasteiger partial charge in [-0.3, -0.25) is 0 Å². The second-order valence-corrected chi connectivity index (χ2v) is 3.94. The molecule has 5 nitrogen and oxygen atoms in total. The number of hydrogen-bond acceptors (Lipinski definition) is 4. The number of halogens is 1. The molecule has 0 atom stereocenters. The van der Waals surface area contributed by atoms with Gasteiger partial charge in [-0.2, -0.15) is 0 Å². The van der Waals surface area contributed by atoms with Crippen molar-refractivity contribution in [3.8, 4) is 11.3 Å². The number of anilines is 1. The van der Waals surface area contributed by atoms with Crippen LogP contribution in [0.5, 0.6) is 0 Å². The molecule has 18 heavy (non-hydrogen) atoms. The van der Waals surface area contributed by atoms with Gasteiger partial charge in [0.15, 0.2) is 11.5 Å². The number of rotatable bonds is 3. The summed E-state index contributed by atoms with van der Waals surface area (Å²) in [5.41, 5.74) is 0.779. The number of aromatic carboxylic acids is 1. The van der Waals surface area contributed by atoms with E-state index in [-0.39, 0.29) is 17.3 Å². The van der Waals surface area contributed by atoms with E-state index in [1.54, 1.807) is 25.1 Å². The van der Waals surface area contributed by atoms with Crippen LogP contribution < -0.4 is 4.90 Å². The minimum absolute atomic E-state index is 0.180. The SMILES string of the molecule is CN(C)c1cc(-c2cc(C(=O)O)no2)ccc1F. The summed E-state index contributed by atoms with van der Waals surface area (Å²) in [4.78, 5) is 12.3. The van der Waals surface area contributed by atoms with Gasteiger partial charge in [0, 0.05) is 25.7 Å². The minimum atomic E-state index is -1.17. The lowest BCUT2D eigenvalue weighted by atomic mass is 10.1. The molecule has 0 saturated heterocycles. The molecule has 0 aliphatic heterocycles. The van der Waals surface area contributed by atoms with E-state index < -0.39 is 5.97 Å². The summed E-state index contributed by atoms with van der Waals surface area (Å²) in [6.45, 7) is 0. The molecular weight excluding hydrogens is 239 g/mol. The molecule has 0 spiro atoms. The first-order chi connectivity index (χ1) is 8.49. The maximum atomic E-state index is 13.5. The summed E-state index contributed by atoms with van der Waals surface area (Å²) >= 11 is 0. The van der Waals surface area contributed by atoms with E-state index in [9.17, 15) is 9.18 Å². The summed E-state index contributed by atoms with van der Waals surface area (Å²) in [5, 5.41) is 12.1. The molecule has 0 radical (unpaired) electrons. The Hall–Kier alpha value is -2.37. The first-order valence-corrected chi connectivity index (χ1v) is 5.16. The highest BCUT2D eigenvalue weighted by Gasteiger charge is 2.14.